The lowest BCUT2D eigenvalue weighted by Crippen LogP contribution is -2.05. The number of anilines is 1. The van der Waals surface area contributed by atoms with Crippen molar-refractivity contribution in [1.29, 1.82) is 0 Å². The van der Waals surface area contributed by atoms with E-state index in [0.717, 1.165) is 0 Å². The zero-order chi connectivity index (χ0) is 15.0. The molecule has 0 bridgehead atoms. The standard InChI is InChI=1S/C13H15FN4O2/c1-7(2)11-12(18(19)20)13(15)17(16-11)10-5-4-9(14)6-8(10)3/h4-7H,15H2,1-3H3. The Morgan fingerprint density at radius 3 is 2.55 bits per heavy atom. The second kappa shape index (κ2) is 4.92. The summed E-state index contributed by atoms with van der Waals surface area (Å²) in [4.78, 5) is 10.6. The highest BCUT2D eigenvalue weighted by molar-refractivity contribution is 5.61. The van der Waals surface area contributed by atoms with Crippen LogP contribution in [0.15, 0.2) is 18.2 Å². The maximum absolute atomic E-state index is 13.1. The summed E-state index contributed by atoms with van der Waals surface area (Å²) in [6, 6.07) is 4.10. The molecule has 0 fully saturated rings. The Morgan fingerprint density at radius 1 is 1.45 bits per heavy atom. The van der Waals surface area contributed by atoms with Crippen LogP contribution >= 0.6 is 0 Å². The van der Waals surface area contributed by atoms with Gasteiger partial charge in [-0.3, -0.25) is 10.1 Å². The lowest BCUT2D eigenvalue weighted by atomic mass is 10.1. The molecule has 2 rings (SSSR count). The van der Waals surface area contributed by atoms with E-state index in [1.165, 1.54) is 22.9 Å². The van der Waals surface area contributed by atoms with Crippen molar-refractivity contribution < 1.29 is 9.31 Å². The monoisotopic (exact) mass is 278 g/mol. The van der Waals surface area contributed by atoms with Gasteiger partial charge in [0.05, 0.1) is 10.6 Å². The van der Waals surface area contributed by atoms with Gasteiger partial charge in [0.25, 0.3) is 0 Å². The quantitative estimate of drug-likeness (QED) is 0.690. The molecule has 7 heteroatoms. The molecule has 0 saturated carbocycles. The van der Waals surface area contributed by atoms with Crippen LogP contribution in [0.5, 0.6) is 0 Å². The van der Waals surface area contributed by atoms with Crippen LogP contribution in [0, 0.1) is 22.9 Å². The summed E-state index contributed by atoms with van der Waals surface area (Å²) in [6.07, 6.45) is 0. The number of nitrogens with two attached hydrogens (primary N) is 1. The Balaban J connectivity index is 2.69. The molecule has 20 heavy (non-hydrogen) atoms. The molecule has 0 spiro atoms. The molecule has 1 aromatic carbocycles. The molecule has 0 saturated heterocycles. The maximum Gasteiger partial charge on any atom is 0.334 e. The number of benzene rings is 1. The molecule has 2 aromatic rings. The average molecular weight is 278 g/mol. The Kier molecular flexibility index (Phi) is 3.44. The minimum Gasteiger partial charge on any atom is -0.378 e. The van der Waals surface area contributed by atoms with Crippen molar-refractivity contribution >= 4 is 11.5 Å². The average Bonchev–Trinajstić information content (AvgIpc) is 2.67. The number of aromatic nitrogens is 2. The first-order chi connectivity index (χ1) is 9.32. The van der Waals surface area contributed by atoms with E-state index in [2.05, 4.69) is 5.10 Å². The molecule has 0 atom stereocenters. The minimum absolute atomic E-state index is 0.0478. The second-order valence-corrected chi connectivity index (χ2v) is 4.87. The number of nitrogens with zero attached hydrogens (tertiary/aromatic N) is 3. The highest BCUT2D eigenvalue weighted by Crippen LogP contribution is 2.33. The number of nitrogen functional groups attached to an aromatic ring is 1. The zero-order valence-electron chi connectivity index (χ0n) is 11.4. The molecule has 106 valence electrons. The van der Waals surface area contributed by atoms with Gasteiger partial charge in [0.2, 0.25) is 5.82 Å². The first-order valence-electron chi connectivity index (χ1n) is 6.12. The highest BCUT2D eigenvalue weighted by atomic mass is 19.1. The van der Waals surface area contributed by atoms with Crippen LogP contribution in [0.25, 0.3) is 5.69 Å². The van der Waals surface area contributed by atoms with Gasteiger partial charge >= 0.3 is 5.69 Å². The Hall–Kier alpha value is -2.44. The number of hydrogen-bond donors (Lipinski definition) is 1. The van der Waals surface area contributed by atoms with E-state index >= 15 is 0 Å². The second-order valence-electron chi connectivity index (χ2n) is 4.87. The zero-order valence-corrected chi connectivity index (χ0v) is 11.4. The van der Waals surface area contributed by atoms with Gasteiger partial charge in [0.1, 0.15) is 11.5 Å². The van der Waals surface area contributed by atoms with Crippen molar-refractivity contribution in [2.45, 2.75) is 26.7 Å². The predicted octanol–water partition coefficient (Wildman–Crippen LogP) is 2.93. The Morgan fingerprint density at radius 2 is 2.10 bits per heavy atom. The van der Waals surface area contributed by atoms with Crippen molar-refractivity contribution in [3.63, 3.8) is 0 Å². The Labute approximate surface area is 115 Å². The van der Waals surface area contributed by atoms with Gasteiger partial charge in [-0.15, -0.1) is 0 Å². The van der Waals surface area contributed by atoms with Crippen molar-refractivity contribution in [3.8, 4) is 5.69 Å². The van der Waals surface area contributed by atoms with Crippen molar-refractivity contribution in [2.24, 2.45) is 0 Å². The summed E-state index contributed by atoms with van der Waals surface area (Å²) in [5, 5.41) is 15.4. The smallest absolute Gasteiger partial charge is 0.334 e. The molecule has 0 aliphatic rings. The maximum atomic E-state index is 13.1. The lowest BCUT2D eigenvalue weighted by molar-refractivity contribution is -0.384. The topological polar surface area (TPSA) is 87.0 Å². The molecular weight excluding hydrogens is 263 g/mol. The van der Waals surface area contributed by atoms with Gasteiger partial charge in [0.15, 0.2) is 0 Å². The normalized spacial score (nSPS) is 11.1. The third-order valence-corrected chi connectivity index (χ3v) is 3.04. The van der Waals surface area contributed by atoms with Gasteiger partial charge in [-0.25, -0.2) is 9.07 Å². The molecule has 1 aromatic heterocycles. The van der Waals surface area contributed by atoms with Crippen LogP contribution < -0.4 is 5.73 Å². The fourth-order valence-electron chi connectivity index (χ4n) is 2.06. The minimum atomic E-state index is -0.535. The SMILES string of the molecule is Cc1cc(F)ccc1-n1nc(C(C)C)c([N+](=O)[O-])c1N. The number of halogens is 1. The molecule has 2 N–H and O–H groups in total. The summed E-state index contributed by atoms with van der Waals surface area (Å²) in [5.74, 6) is -0.566. The molecular formula is C13H15FN4O2. The number of nitro groups is 1. The van der Waals surface area contributed by atoms with Crippen LogP contribution in [0.1, 0.15) is 31.0 Å². The fourth-order valence-corrected chi connectivity index (χ4v) is 2.06. The molecule has 6 nitrogen and oxygen atoms in total. The van der Waals surface area contributed by atoms with Gasteiger partial charge in [0, 0.05) is 5.92 Å². The summed E-state index contributed by atoms with van der Waals surface area (Å²) in [6.45, 7) is 5.30. The molecule has 0 aliphatic carbocycles. The third kappa shape index (κ3) is 2.22. The highest BCUT2D eigenvalue weighted by Gasteiger charge is 2.28. The van der Waals surface area contributed by atoms with Crippen LogP contribution in [-0.4, -0.2) is 14.7 Å². The summed E-state index contributed by atoms with van der Waals surface area (Å²) in [5.41, 5.74) is 7.10. The molecule has 0 amide bonds. The molecule has 1 heterocycles. The van der Waals surface area contributed by atoms with E-state index in [9.17, 15) is 14.5 Å². The lowest BCUT2D eigenvalue weighted by Gasteiger charge is -2.07. The van der Waals surface area contributed by atoms with Crippen LogP contribution in [0.4, 0.5) is 15.9 Å². The number of rotatable bonds is 3. The van der Waals surface area contributed by atoms with E-state index in [4.69, 9.17) is 5.73 Å². The van der Waals surface area contributed by atoms with E-state index in [1.54, 1.807) is 20.8 Å². The fraction of sp³-hybridized carbons (Fsp3) is 0.308. The number of aryl methyl sites for hydroxylation is 1. The molecule has 0 unspecified atom stereocenters. The van der Waals surface area contributed by atoms with E-state index in [0.29, 0.717) is 16.9 Å². The van der Waals surface area contributed by atoms with E-state index in [1.807, 2.05) is 0 Å². The summed E-state index contributed by atoms with van der Waals surface area (Å²) >= 11 is 0. The van der Waals surface area contributed by atoms with E-state index in [-0.39, 0.29) is 23.2 Å². The largest absolute Gasteiger partial charge is 0.378 e. The Bertz CT molecular complexity index is 679. The first kappa shape index (κ1) is 14.0. The summed E-state index contributed by atoms with van der Waals surface area (Å²) < 4.78 is 14.4. The third-order valence-electron chi connectivity index (χ3n) is 3.04. The van der Waals surface area contributed by atoms with Gasteiger partial charge in [-0.05, 0) is 30.7 Å². The van der Waals surface area contributed by atoms with Crippen molar-refractivity contribution in [3.05, 3.63) is 45.4 Å². The van der Waals surface area contributed by atoms with Crippen molar-refractivity contribution in [2.75, 3.05) is 5.73 Å². The van der Waals surface area contributed by atoms with Gasteiger partial charge in [-0.1, -0.05) is 13.8 Å². The predicted molar refractivity (Wildman–Crippen MR) is 73.4 cm³/mol. The van der Waals surface area contributed by atoms with Crippen LogP contribution in [0.2, 0.25) is 0 Å². The number of hydrogen-bond acceptors (Lipinski definition) is 4. The van der Waals surface area contributed by atoms with Gasteiger partial charge < -0.3 is 5.73 Å². The van der Waals surface area contributed by atoms with E-state index < -0.39 is 4.92 Å². The van der Waals surface area contributed by atoms with Crippen molar-refractivity contribution in [1.82, 2.24) is 9.78 Å². The van der Waals surface area contributed by atoms with Crippen LogP contribution in [0.3, 0.4) is 0 Å². The molecule has 0 radical (unpaired) electrons. The van der Waals surface area contributed by atoms with Gasteiger partial charge in [-0.2, -0.15) is 5.10 Å². The summed E-state index contributed by atoms with van der Waals surface area (Å²) in [7, 11) is 0. The van der Waals surface area contributed by atoms with Crippen LogP contribution in [-0.2, 0) is 0 Å². The molecule has 0 aliphatic heterocycles. The first-order valence-corrected chi connectivity index (χ1v) is 6.12.